The highest BCUT2D eigenvalue weighted by Gasteiger charge is 2.27. The zero-order chi connectivity index (χ0) is 37.1. The minimum Gasteiger partial charge on any atom is -0.494 e. The second-order valence-electron chi connectivity index (χ2n) is 13.5. The molecule has 0 N–H and O–H groups in total. The lowest BCUT2D eigenvalue weighted by atomic mass is 9.91. The van der Waals surface area contributed by atoms with E-state index in [1.165, 1.54) is 82.1 Å². The van der Waals surface area contributed by atoms with E-state index in [1.54, 1.807) is 13.2 Å². The number of rotatable bonds is 23. The van der Waals surface area contributed by atoms with Crippen molar-refractivity contribution in [2.75, 3.05) is 31.7 Å². The Bertz CT molecular complexity index is 1570. The summed E-state index contributed by atoms with van der Waals surface area (Å²) in [5.74, 6) is 0.313. The number of carbonyl (C=O) groups excluding carboxylic acids is 1. The Balaban J connectivity index is 1.64. The predicted molar refractivity (Wildman–Crippen MR) is 205 cm³/mol. The highest BCUT2D eigenvalue weighted by Crippen LogP contribution is 2.37. The number of nitrogens with zero attached hydrogens (tertiary/aromatic N) is 6. The van der Waals surface area contributed by atoms with Crippen molar-refractivity contribution in [3.8, 4) is 5.75 Å². The topological polar surface area (TPSA) is 131 Å². The van der Waals surface area contributed by atoms with Crippen LogP contribution in [0.5, 0.6) is 5.75 Å². The molecular formula is C40H56N6O5. The third-order valence-corrected chi connectivity index (χ3v) is 9.13. The highest BCUT2D eigenvalue weighted by atomic mass is 16.6. The number of benzene rings is 3. The maximum atomic E-state index is 12.6. The van der Waals surface area contributed by atoms with Crippen LogP contribution in [0.1, 0.15) is 104 Å². The van der Waals surface area contributed by atoms with Crippen LogP contribution in [0.25, 0.3) is 0 Å². The van der Waals surface area contributed by atoms with Crippen LogP contribution in [0.3, 0.4) is 0 Å². The summed E-state index contributed by atoms with van der Waals surface area (Å²) in [6.07, 6.45) is 13.5. The van der Waals surface area contributed by atoms with Crippen LogP contribution in [-0.4, -0.2) is 37.7 Å². The number of nitro benzene ring substituents is 1. The van der Waals surface area contributed by atoms with E-state index < -0.39 is 10.3 Å². The lowest BCUT2D eigenvalue weighted by Crippen LogP contribution is -2.32. The molecule has 0 atom stereocenters. The van der Waals surface area contributed by atoms with Crippen molar-refractivity contribution in [3.63, 3.8) is 0 Å². The van der Waals surface area contributed by atoms with E-state index in [2.05, 4.69) is 32.3 Å². The fourth-order valence-corrected chi connectivity index (χ4v) is 5.35. The number of esters is 1. The van der Waals surface area contributed by atoms with E-state index in [9.17, 15) is 14.9 Å². The number of methoxy groups -OCH3 is 1. The first-order valence-electron chi connectivity index (χ1n) is 18.4. The number of nitro groups is 1. The van der Waals surface area contributed by atoms with Gasteiger partial charge in [-0.2, -0.15) is 15.3 Å². The summed E-state index contributed by atoms with van der Waals surface area (Å²) < 4.78 is 11.2. The average Bonchev–Trinajstić information content (AvgIpc) is 3.13. The van der Waals surface area contributed by atoms with Gasteiger partial charge in [-0.25, -0.2) is 0 Å². The van der Waals surface area contributed by atoms with Crippen LogP contribution in [-0.2, 0) is 9.53 Å². The van der Waals surface area contributed by atoms with Crippen LogP contribution in [0.4, 0.5) is 34.1 Å². The van der Waals surface area contributed by atoms with Gasteiger partial charge in [-0.1, -0.05) is 71.6 Å². The van der Waals surface area contributed by atoms with Crippen molar-refractivity contribution in [2.45, 2.75) is 105 Å². The number of unbranched alkanes of at least 4 members (excludes halogenated alkanes) is 9. The Labute approximate surface area is 303 Å². The second-order valence-corrected chi connectivity index (χ2v) is 13.5. The van der Waals surface area contributed by atoms with Crippen molar-refractivity contribution in [1.29, 1.82) is 0 Å². The molecule has 0 bridgehead atoms. The number of azo groups is 2. The SMILES string of the molecule is CCCCCCCCCCCCN(CCOC(=O)C(C)(C)CC)c1ccc(N=Nc2cc(OC)c(N=Nc3ccc([N+](=O)[O-])cc3)cc2C)cc1. The van der Waals surface area contributed by atoms with Crippen LogP contribution in [0.2, 0.25) is 0 Å². The van der Waals surface area contributed by atoms with Gasteiger partial charge in [0.2, 0.25) is 0 Å². The smallest absolute Gasteiger partial charge is 0.311 e. The molecule has 0 radical (unpaired) electrons. The number of hydrogen-bond donors (Lipinski definition) is 0. The summed E-state index contributed by atoms with van der Waals surface area (Å²) in [4.78, 5) is 25.3. The largest absolute Gasteiger partial charge is 0.494 e. The maximum Gasteiger partial charge on any atom is 0.311 e. The molecule has 0 saturated heterocycles. The van der Waals surface area contributed by atoms with Crippen molar-refractivity contribution in [1.82, 2.24) is 0 Å². The summed E-state index contributed by atoms with van der Waals surface area (Å²) in [5, 5.41) is 28.4. The van der Waals surface area contributed by atoms with E-state index in [0.717, 1.165) is 30.6 Å². The Hall–Kier alpha value is -4.67. The van der Waals surface area contributed by atoms with Crippen molar-refractivity contribution >= 4 is 40.1 Å². The third kappa shape index (κ3) is 13.9. The van der Waals surface area contributed by atoms with Crippen molar-refractivity contribution in [3.05, 3.63) is 76.3 Å². The van der Waals surface area contributed by atoms with Crippen LogP contribution in [0, 0.1) is 22.5 Å². The standard InChI is InChI=1S/C40H56N6O5/c1-7-9-10-11-12-13-14-15-16-17-26-45(27-28-51-39(47)40(4,5)8-2)34-22-18-32(19-23-34)41-43-36-30-38(50-6)37(29-31(36)3)44-42-33-20-24-35(25-21-33)46(48)49/h18-25,29-30H,7-17,26-28H2,1-6H3. The first kappa shape index (κ1) is 40.8. The number of ether oxygens (including phenoxy) is 2. The molecule has 276 valence electrons. The molecule has 0 spiro atoms. The highest BCUT2D eigenvalue weighted by molar-refractivity contribution is 5.75. The molecule has 0 aliphatic heterocycles. The van der Waals surface area contributed by atoms with Crippen molar-refractivity contribution < 1.29 is 19.2 Å². The maximum absolute atomic E-state index is 12.6. The van der Waals surface area contributed by atoms with Crippen molar-refractivity contribution in [2.24, 2.45) is 25.9 Å². The van der Waals surface area contributed by atoms with Crippen LogP contribution < -0.4 is 9.64 Å². The predicted octanol–water partition coefficient (Wildman–Crippen LogP) is 12.4. The first-order valence-corrected chi connectivity index (χ1v) is 18.4. The van der Waals surface area contributed by atoms with E-state index in [4.69, 9.17) is 9.47 Å². The molecule has 0 saturated carbocycles. The normalized spacial score (nSPS) is 11.7. The quantitative estimate of drug-likeness (QED) is 0.0318. The molecule has 0 unspecified atom stereocenters. The molecule has 0 heterocycles. The fourth-order valence-electron chi connectivity index (χ4n) is 5.35. The van der Waals surface area contributed by atoms with Gasteiger partial charge in [0.05, 0.1) is 41.1 Å². The lowest BCUT2D eigenvalue weighted by molar-refractivity contribution is -0.384. The summed E-state index contributed by atoms with van der Waals surface area (Å²) in [7, 11) is 1.54. The van der Waals surface area contributed by atoms with E-state index in [0.29, 0.717) is 41.7 Å². The van der Waals surface area contributed by atoms with Gasteiger partial charge in [0.1, 0.15) is 18.0 Å². The van der Waals surface area contributed by atoms with Gasteiger partial charge >= 0.3 is 5.97 Å². The van der Waals surface area contributed by atoms with E-state index in [1.807, 2.05) is 58.0 Å². The monoisotopic (exact) mass is 700 g/mol. The summed E-state index contributed by atoms with van der Waals surface area (Å²) in [6, 6.07) is 17.4. The van der Waals surface area contributed by atoms with Gasteiger partial charge in [-0.05, 0) is 81.6 Å². The molecule has 11 heteroatoms. The summed E-state index contributed by atoms with van der Waals surface area (Å²) in [5.41, 5.74) is 3.70. The van der Waals surface area contributed by atoms with E-state index in [-0.39, 0.29) is 11.7 Å². The average molecular weight is 701 g/mol. The van der Waals surface area contributed by atoms with Gasteiger partial charge in [0.15, 0.2) is 0 Å². The Morgan fingerprint density at radius 3 is 1.86 bits per heavy atom. The van der Waals surface area contributed by atoms with Crippen LogP contribution in [0.15, 0.2) is 81.1 Å². The Morgan fingerprint density at radius 2 is 1.31 bits per heavy atom. The van der Waals surface area contributed by atoms with Gasteiger partial charge in [-0.3, -0.25) is 14.9 Å². The van der Waals surface area contributed by atoms with Gasteiger partial charge in [0.25, 0.3) is 5.69 Å². The third-order valence-electron chi connectivity index (χ3n) is 9.13. The molecule has 3 aromatic carbocycles. The number of hydrogen-bond acceptors (Lipinski definition) is 10. The summed E-state index contributed by atoms with van der Waals surface area (Å²) >= 11 is 0. The number of anilines is 1. The zero-order valence-electron chi connectivity index (χ0n) is 31.4. The number of carbonyl (C=O) groups is 1. The molecule has 51 heavy (non-hydrogen) atoms. The van der Waals surface area contributed by atoms with Crippen LogP contribution >= 0.6 is 0 Å². The van der Waals surface area contributed by atoms with Gasteiger partial charge in [-0.15, -0.1) is 5.11 Å². The lowest BCUT2D eigenvalue weighted by Gasteiger charge is -2.26. The molecule has 0 amide bonds. The number of non-ortho nitro benzene ring substituents is 1. The van der Waals surface area contributed by atoms with Gasteiger partial charge < -0.3 is 14.4 Å². The molecular weight excluding hydrogens is 644 g/mol. The Morgan fingerprint density at radius 1 is 0.765 bits per heavy atom. The van der Waals surface area contributed by atoms with E-state index >= 15 is 0 Å². The molecule has 0 aromatic heterocycles. The summed E-state index contributed by atoms with van der Waals surface area (Å²) in [6.45, 7) is 11.9. The number of aryl methyl sites for hydroxylation is 1. The minimum absolute atomic E-state index is 0.0114. The zero-order valence-corrected chi connectivity index (χ0v) is 31.4. The molecule has 3 aromatic rings. The fraction of sp³-hybridized carbons (Fsp3) is 0.525. The molecule has 11 nitrogen and oxygen atoms in total. The molecule has 0 aliphatic carbocycles. The molecule has 0 fully saturated rings. The molecule has 0 aliphatic rings. The minimum atomic E-state index is -0.490. The Kier molecular flexibility index (Phi) is 17.2. The second kappa shape index (κ2) is 21.5. The molecule has 3 rings (SSSR count). The van der Waals surface area contributed by atoms with Gasteiger partial charge in [0, 0.05) is 30.4 Å². The first-order chi connectivity index (χ1) is 24.6.